The number of Topliss-reactive ketones (excluding diaryl/α,β-unsaturated/α-hetero) is 1. The van der Waals surface area contributed by atoms with E-state index in [1.54, 1.807) is 6.20 Å². The largest absolute Gasteiger partial charge is 0.504 e. The Morgan fingerprint density at radius 1 is 1.22 bits per heavy atom. The molecule has 0 bridgehead atoms. The summed E-state index contributed by atoms with van der Waals surface area (Å²) in [4.78, 5) is 41.6. The topological polar surface area (TPSA) is 102 Å². The normalized spacial score (nSPS) is 39.2. The molecule has 5 aliphatic rings. The van der Waals surface area contributed by atoms with E-state index in [2.05, 4.69) is 13.8 Å². The summed E-state index contributed by atoms with van der Waals surface area (Å²) >= 11 is 0. The van der Waals surface area contributed by atoms with E-state index in [0.717, 1.165) is 38.8 Å². The van der Waals surface area contributed by atoms with Gasteiger partial charge in [-0.2, -0.15) is 0 Å². The second kappa shape index (κ2) is 8.75. The van der Waals surface area contributed by atoms with Gasteiger partial charge < -0.3 is 24.2 Å². The number of ether oxygens (including phenoxy) is 3. The number of fused-ring (bicyclic) bond motifs is 4. The van der Waals surface area contributed by atoms with Gasteiger partial charge in [-0.25, -0.2) is 4.79 Å². The van der Waals surface area contributed by atoms with Crippen molar-refractivity contribution in [1.82, 2.24) is 4.90 Å². The van der Waals surface area contributed by atoms with Crippen molar-refractivity contribution in [2.24, 2.45) is 22.7 Å². The zero-order valence-corrected chi connectivity index (χ0v) is 21.9. The molecule has 0 radical (unpaired) electrons. The Kier molecular flexibility index (Phi) is 6.09. The molecule has 8 nitrogen and oxygen atoms in total. The summed E-state index contributed by atoms with van der Waals surface area (Å²) in [5, 5.41) is 11.5. The highest BCUT2D eigenvalue weighted by Crippen LogP contribution is 2.64. The smallest absolute Gasteiger partial charge is 0.340 e. The molecule has 0 spiro atoms. The Balaban J connectivity index is 1.76. The molecule has 1 N–H and O–H groups in total. The number of aliphatic hydroxyl groups excluding tert-OH is 1. The number of hydrogen-bond donors (Lipinski definition) is 1. The molecule has 5 rings (SSSR count). The van der Waals surface area contributed by atoms with Crippen molar-refractivity contribution in [2.45, 2.75) is 72.0 Å². The molecule has 6 atom stereocenters. The van der Waals surface area contributed by atoms with Crippen LogP contribution in [-0.2, 0) is 28.6 Å². The molecule has 8 heteroatoms. The monoisotopic (exact) mass is 499 g/mol. The number of methoxy groups -OCH3 is 1. The van der Waals surface area contributed by atoms with E-state index in [9.17, 15) is 19.5 Å². The lowest BCUT2D eigenvalue weighted by Crippen LogP contribution is -2.56. The molecule has 2 heterocycles. The number of allylic oxidation sites excluding steroid dienone is 1. The van der Waals surface area contributed by atoms with Crippen LogP contribution in [0, 0.1) is 22.7 Å². The van der Waals surface area contributed by atoms with Crippen LogP contribution in [0.5, 0.6) is 0 Å². The van der Waals surface area contributed by atoms with E-state index in [-0.39, 0.29) is 29.1 Å². The molecular weight excluding hydrogens is 462 g/mol. The fourth-order valence-corrected chi connectivity index (χ4v) is 7.59. The van der Waals surface area contributed by atoms with Gasteiger partial charge in [-0.1, -0.05) is 13.8 Å². The molecule has 3 aliphatic carbocycles. The first-order valence-corrected chi connectivity index (χ1v) is 13.1. The van der Waals surface area contributed by atoms with Crippen molar-refractivity contribution in [1.29, 1.82) is 0 Å². The van der Waals surface area contributed by atoms with E-state index >= 15 is 0 Å². The van der Waals surface area contributed by atoms with Crippen LogP contribution in [0.2, 0.25) is 0 Å². The molecule has 0 aromatic heterocycles. The Morgan fingerprint density at radius 3 is 2.56 bits per heavy atom. The summed E-state index contributed by atoms with van der Waals surface area (Å²) in [7, 11) is 1.53. The minimum absolute atomic E-state index is 0.0748. The Bertz CT molecular complexity index is 1100. The number of cyclic esters (lactones) is 1. The van der Waals surface area contributed by atoms with E-state index in [4.69, 9.17) is 14.2 Å². The van der Waals surface area contributed by atoms with Crippen LogP contribution in [0.25, 0.3) is 0 Å². The second-order valence-corrected chi connectivity index (χ2v) is 11.6. The number of esters is 2. The average Bonchev–Trinajstić information content (AvgIpc) is 3.42. The lowest BCUT2D eigenvalue weighted by atomic mass is 9.52. The summed E-state index contributed by atoms with van der Waals surface area (Å²) < 4.78 is 17.4. The van der Waals surface area contributed by atoms with Crippen molar-refractivity contribution in [3.8, 4) is 0 Å². The summed E-state index contributed by atoms with van der Waals surface area (Å²) in [5.41, 5.74) is 0.313. The summed E-state index contributed by atoms with van der Waals surface area (Å²) in [5.74, 6) is -1.62. The zero-order valence-electron chi connectivity index (χ0n) is 21.9. The zero-order chi connectivity index (χ0) is 26.0. The molecule has 0 amide bonds. The number of likely N-dealkylation sites (tertiary alicyclic amines) is 1. The first kappa shape index (κ1) is 25.1. The quantitative estimate of drug-likeness (QED) is 0.462. The molecule has 0 aromatic rings. The maximum Gasteiger partial charge on any atom is 0.340 e. The molecule has 3 fully saturated rings. The maximum atomic E-state index is 14.0. The van der Waals surface area contributed by atoms with Gasteiger partial charge in [-0.3, -0.25) is 9.59 Å². The predicted octanol–water partition coefficient (Wildman–Crippen LogP) is 3.62. The molecule has 6 unspecified atom stereocenters. The van der Waals surface area contributed by atoms with Crippen molar-refractivity contribution in [2.75, 3.05) is 26.8 Å². The van der Waals surface area contributed by atoms with Crippen molar-refractivity contribution >= 4 is 17.7 Å². The number of carbonyl (C=O) groups is 3. The third-order valence-corrected chi connectivity index (χ3v) is 9.63. The highest BCUT2D eigenvalue weighted by molar-refractivity contribution is 6.13. The van der Waals surface area contributed by atoms with Crippen LogP contribution in [0.4, 0.5) is 0 Å². The minimum Gasteiger partial charge on any atom is -0.504 e. The number of hydrogen-bond acceptors (Lipinski definition) is 8. The molecule has 2 saturated heterocycles. The van der Waals surface area contributed by atoms with Crippen LogP contribution >= 0.6 is 0 Å². The highest BCUT2D eigenvalue weighted by Gasteiger charge is 2.64. The fraction of sp³-hybridized carbons (Fsp3) is 0.679. The van der Waals surface area contributed by atoms with Gasteiger partial charge in [0.05, 0.1) is 17.6 Å². The highest BCUT2D eigenvalue weighted by atomic mass is 16.6. The van der Waals surface area contributed by atoms with E-state index < -0.39 is 41.1 Å². The standard InChI is InChI=1S/C28H37NO7/c1-15-8-9-18-21-23(19(35-16(2)30)12-27(15,18)3)28(4)20(14-34-5)36-26(33)17(13-29-10-6-7-11-29)22(28)25(32)24(21)31/h13,15,18-20,32H,6-12,14H2,1-5H3. The SMILES string of the molecule is COCC1OC(=O)C(=CN2CCCC2)C2=C(O)C(=O)C3=C(C(OC(C)=O)CC4(C)C(C)CCC34)C21C. The molecule has 196 valence electrons. The first-order valence-electron chi connectivity index (χ1n) is 13.1. The molecule has 36 heavy (non-hydrogen) atoms. The third kappa shape index (κ3) is 3.47. The average molecular weight is 500 g/mol. The molecule has 2 aliphatic heterocycles. The lowest BCUT2D eigenvalue weighted by molar-refractivity contribution is -0.160. The van der Waals surface area contributed by atoms with Gasteiger partial charge in [0.1, 0.15) is 12.2 Å². The second-order valence-electron chi connectivity index (χ2n) is 11.6. The Labute approximate surface area is 212 Å². The Morgan fingerprint density at radius 2 is 1.92 bits per heavy atom. The molecular formula is C28H37NO7. The van der Waals surface area contributed by atoms with Gasteiger partial charge in [-0.15, -0.1) is 0 Å². The summed E-state index contributed by atoms with van der Waals surface area (Å²) in [6.07, 6.45) is 4.63. The van der Waals surface area contributed by atoms with Crippen LogP contribution in [-0.4, -0.2) is 66.7 Å². The minimum atomic E-state index is -1.09. The number of carbonyl (C=O) groups excluding carboxylic acids is 3. The van der Waals surface area contributed by atoms with E-state index in [1.807, 2.05) is 11.8 Å². The van der Waals surface area contributed by atoms with Crippen LogP contribution in [0.15, 0.2) is 34.3 Å². The van der Waals surface area contributed by atoms with Crippen LogP contribution < -0.4 is 0 Å². The predicted molar refractivity (Wildman–Crippen MR) is 131 cm³/mol. The van der Waals surface area contributed by atoms with E-state index in [1.165, 1.54) is 14.0 Å². The van der Waals surface area contributed by atoms with Gasteiger partial charge in [-0.05, 0) is 61.9 Å². The van der Waals surface area contributed by atoms with Crippen molar-refractivity contribution in [3.05, 3.63) is 34.3 Å². The maximum absolute atomic E-state index is 14.0. The summed E-state index contributed by atoms with van der Waals surface area (Å²) in [6.45, 7) is 9.27. The number of ketones is 1. The van der Waals surface area contributed by atoms with Crippen LogP contribution in [0.1, 0.15) is 59.8 Å². The van der Waals surface area contributed by atoms with Gasteiger partial charge in [0.15, 0.2) is 5.76 Å². The van der Waals surface area contributed by atoms with Crippen molar-refractivity contribution in [3.63, 3.8) is 0 Å². The van der Waals surface area contributed by atoms with Gasteiger partial charge in [0.25, 0.3) is 0 Å². The third-order valence-electron chi connectivity index (χ3n) is 9.63. The molecule has 1 saturated carbocycles. The number of nitrogens with zero attached hydrogens (tertiary/aromatic N) is 1. The Hall–Kier alpha value is -2.61. The van der Waals surface area contributed by atoms with Gasteiger partial charge in [0.2, 0.25) is 5.78 Å². The van der Waals surface area contributed by atoms with Gasteiger partial charge in [0, 0.05) is 44.5 Å². The van der Waals surface area contributed by atoms with Crippen molar-refractivity contribution < 1.29 is 33.7 Å². The number of rotatable bonds is 4. The first-order chi connectivity index (χ1) is 17.0. The van der Waals surface area contributed by atoms with Crippen LogP contribution in [0.3, 0.4) is 0 Å². The lowest BCUT2D eigenvalue weighted by Gasteiger charge is -2.54. The van der Waals surface area contributed by atoms with Gasteiger partial charge >= 0.3 is 11.9 Å². The van der Waals surface area contributed by atoms with E-state index in [0.29, 0.717) is 23.5 Å². The fourth-order valence-electron chi connectivity index (χ4n) is 7.59. The number of aliphatic hydroxyl groups is 1. The molecule has 0 aromatic carbocycles. The summed E-state index contributed by atoms with van der Waals surface area (Å²) in [6, 6.07) is 0.